The highest BCUT2D eigenvalue weighted by Crippen LogP contribution is 2.24. The van der Waals surface area contributed by atoms with Gasteiger partial charge in [0.15, 0.2) is 0 Å². The van der Waals surface area contributed by atoms with Crippen molar-refractivity contribution in [3.63, 3.8) is 0 Å². The number of nitrogens with zero attached hydrogens (tertiary/aromatic N) is 9. The summed E-state index contributed by atoms with van der Waals surface area (Å²) >= 11 is 0. The number of phenols is 1. The number of terminal acetylenes is 1. The summed E-state index contributed by atoms with van der Waals surface area (Å²) in [5.41, 5.74) is 7.96. The third-order valence-electron chi connectivity index (χ3n) is 8.84. The molecule has 0 spiro atoms. The Morgan fingerprint density at radius 3 is 2.25 bits per heavy atom. The van der Waals surface area contributed by atoms with Crippen LogP contribution in [-0.4, -0.2) is 145 Å². The third kappa shape index (κ3) is 12.2. The lowest BCUT2D eigenvalue weighted by Gasteiger charge is -2.36. The average molecular weight is 736 g/mol. The predicted octanol–water partition coefficient (Wildman–Crippen LogP) is 1.28. The fraction of sp³-hybridized carbons (Fsp3) is 0.611. The number of phenolic OH excluding ortho intramolecular Hbond substituents is 1. The summed E-state index contributed by atoms with van der Waals surface area (Å²) in [6.45, 7) is 11.8. The first-order chi connectivity index (χ1) is 25.8. The van der Waals surface area contributed by atoms with Crippen LogP contribution in [0.1, 0.15) is 43.6 Å². The molecule has 17 heteroatoms. The molecule has 288 valence electrons. The Morgan fingerprint density at radius 1 is 0.943 bits per heavy atom. The summed E-state index contributed by atoms with van der Waals surface area (Å²) in [4.78, 5) is 34.5. The second kappa shape index (κ2) is 20.6. The molecular weight excluding hydrogens is 682 g/mol. The lowest BCUT2D eigenvalue weighted by Crippen LogP contribution is -2.51. The van der Waals surface area contributed by atoms with Gasteiger partial charge in [-0.3, -0.25) is 4.79 Å². The first-order valence-corrected chi connectivity index (χ1v) is 18.3. The topological polar surface area (TPSA) is 191 Å². The largest absolute Gasteiger partial charge is 0.508 e. The molecule has 1 amide bonds. The minimum Gasteiger partial charge on any atom is -0.508 e. The minimum absolute atomic E-state index is 0.0683. The number of nitrogens with two attached hydrogens (primary N) is 1. The van der Waals surface area contributed by atoms with Crippen LogP contribution in [0.3, 0.4) is 0 Å². The molecule has 53 heavy (non-hydrogen) atoms. The average Bonchev–Trinajstić information content (AvgIpc) is 3.67. The van der Waals surface area contributed by atoms with E-state index in [0.717, 1.165) is 12.0 Å². The van der Waals surface area contributed by atoms with Gasteiger partial charge < -0.3 is 49.8 Å². The maximum absolute atomic E-state index is 14.2. The molecule has 2 atom stereocenters. The van der Waals surface area contributed by atoms with Gasteiger partial charge in [-0.25, -0.2) is 4.68 Å². The van der Waals surface area contributed by atoms with Crippen LogP contribution in [0.2, 0.25) is 0 Å². The van der Waals surface area contributed by atoms with Crippen molar-refractivity contribution < 1.29 is 28.8 Å². The Morgan fingerprint density at radius 2 is 1.58 bits per heavy atom. The molecule has 5 rings (SSSR count). The van der Waals surface area contributed by atoms with Crippen molar-refractivity contribution >= 4 is 23.8 Å². The molecule has 4 N–H and O–H groups in total. The molecule has 0 saturated carbocycles. The van der Waals surface area contributed by atoms with Crippen molar-refractivity contribution in [1.82, 2.24) is 34.8 Å². The fourth-order valence-corrected chi connectivity index (χ4v) is 6.01. The number of anilines is 3. The number of amides is 1. The number of morpholine rings is 1. The highest BCUT2D eigenvalue weighted by Gasteiger charge is 2.32. The van der Waals surface area contributed by atoms with Crippen LogP contribution in [0, 0.1) is 18.3 Å². The molecule has 0 bridgehead atoms. The number of ether oxygens (including phenoxy) is 4. The van der Waals surface area contributed by atoms with E-state index in [4.69, 9.17) is 46.1 Å². The zero-order valence-corrected chi connectivity index (χ0v) is 30.8. The van der Waals surface area contributed by atoms with Gasteiger partial charge in [0.05, 0.1) is 64.2 Å². The molecule has 2 aliphatic heterocycles. The van der Waals surface area contributed by atoms with E-state index in [1.807, 2.05) is 17.0 Å². The van der Waals surface area contributed by atoms with E-state index in [0.29, 0.717) is 128 Å². The number of piperazine rings is 1. The molecule has 2 saturated heterocycles. The standard InChI is InChI=1S/C36H53N11O6/c1-4-16-50-20-22-53-23-21-51-17-9-38-34-39-35(41-36(40-34)46-14-18-52-19-15-46)45-12-10-44(11-13-45)33(49)32(25-28-5-7-29(48)8-6-28)47-26-31(42-43-47)30(37)24-27(2)3/h1,5-8,26-27,30,32,48H,9-25,37H2,2-3H3,(H,38,39,40,41)/t30-,32-/m0/s1. The molecular formula is C36H53N11O6. The zero-order valence-electron chi connectivity index (χ0n) is 30.8. The van der Waals surface area contributed by atoms with Crippen molar-refractivity contribution in [3.8, 4) is 18.1 Å². The Hall–Kier alpha value is -4.60. The number of aromatic hydroxyl groups is 1. The Labute approximate surface area is 311 Å². The number of carbonyl (C=O) groups excluding carboxylic acids is 1. The van der Waals surface area contributed by atoms with Gasteiger partial charge in [0.2, 0.25) is 23.8 Å². The van der Waals surface area contributed by atoms with Gasteiger partial charge in [-0.2, -0.15) is 15.0 Å². The van der Waals surface area contributed by atoms with Crippen LogP contribution in [0.4, 0.5) is 17.8 Å². The van der Waals surface area contributed by atoms with E-state index < -0.39 is 6.04 Å². The molecule has 17 nitrogen and oxygen atoms in total. The van der Waals surface area contributed by atoms with Crippen molar-refractivity contribution in [3.05, 3.63) is 41.7 Å². The normalized spacial score (nSPS) is 16.1. The quantitative estimate of drug-likeness (QED) is 0.111. The van der Waals surface area contributed by atoms with Crippen molar-refractivity contribution in [1.29, 1.82) is 0 Å². The maximum atomic E-state index is 14.2. The number of hydrogen-bond acceptors (Lipinski definition) is 15. The van der Waals surface area contributed by atoms with Gasteiger partial charge in [0.1, 0.15) is 18.4 Å². The smallest absolute Gasteiger partial charge is 0.247 e. The van der Waals surface area contributed by atoms with Gasteiger partial charge in [0, 0.05) is 52.2 Å². The summed E-state index contributed by atoms with van der Waals surface area (Å²) < 4.78 is 23.5. The van der Waals surface area contributed by atoms with Gasteiger partial charge >= 0.3 is 0 Å². The zero-order chi connectivity index (χ0) is 37.4. The molecule has 2 fully saturated rings. The van der Waals surface area contributed by atoms with Crippen LogP contribution in [0.25, 0.3) is 0 Å². The first-order valence-electron chi connectivity index (χ1n) is 18.3. The highest BCUT2D eigenvalue weighted by molar-refractivity contribution is 5.81. The number of aromatic nitrogens is 6. The monoisotopic (exact) mass is 735 g/mol. The van der Waals surface area contributed by atoms with Crippen LogP contribution in [-0.2, 0) is 30.2 Å². The van der Waals surface area contributed by atoms with E-state index in [-0.39, 0.29) is 24.3 Å². The van der Waals surface area contributed by atoms with Gasteiger partial charge in [-0.15, -0.1) is 11.5 Å². The molecule has 2 aliphatic rings. The molecule has 0 aliphatic carbocycles. The van der Waals surface area contributed by atoms with E-state index in [2.05, 4.69) is 45.2 Å². The summed E-state index contributed by atoms with van der Waals surface area (Å²) in [7, 11) is 0. The molecule has 4 heterocycles. The second-order valence-electron chi connectivity index (χ2n) is 13.3. The van der Waals surface area contributed by atoms with Gasteiger partial charge in [-0.05, 0) is 30.0 Å². The third-order valence-corrected chi connectivity index (χ3v) is 8.84. The summed E-state index contributed by atoms with van der Waals surface area (Å²) in [5, 5.41) is 21.8. The number of rotatable bonds is 20. The lowest BCUT2D eigenvalue weighted by molar-refractivity contribution is -0.135. The number of carbonyl (C=O) groups is 1. The molecule has 3 aromatic rings. The minimum atomic E-state index is -0.638. The lowest BCUT2D eigenvalue weighted by atomic mass is 10.0. The van der Waals surface area contributed by atoms with Gasteiger partial charge in [0.25, 0.3) is 0 Å². The first kappa shape index (κ1) is 39.6. The van der Waals surface area contributed by atoms with Crippen LogP contribution in [0.5, 0.6) is 5.75 Å². The van der Waals surface area contributed by atoms with Crippen molar-refractivity contribution in [2.45, 2.75) is 38.8 Å². The number of nitrogens with one attached hydrogen (secondary N) is 1. The maximum Gasteiger partial charge on any atom is 0.247 e. The Bertz CT molecular complexity index is 1590. The summed E-state index contributed by atoms with van der Waals surface area (Å²) in [5.74, 6) is 4.47. The molecule has 0 radical (unpaired) electrons. The SMILES string of the molecule is C#CCOCCOCCOCCNc1nc(N2CCOCC2)nc(N2CCN(C(=O)[C@H](Cc3ccc(O)cc3)n3cc([C@@H](N)CC(C)C)nn3)CC2)n1. The number of benzene rings is 1. The highest BCUT2D eigenvalue weighted by atomic mass is 16.5. The van der Waals surface area contributed by atoms with Crippen LogP contribution in [0.15, 0.2) is 30.5 Å². The summed E-state index contributed by atoms with van der Waals surface area (Å²) in [6.07, 6.45) is 8.09. The summed E-state index contributed by atoms with van der Waals surface area (Å²) in [6, 6.07) is 5.96. The Balaban J connectivity index is 1.21. The Kier molecular flexibility index (Phi) is 15.4. The van der Waals surface area contributed by atoms with E-state index in [9.17, 15) is 9.90 Å². The van der Waals surface area contributed by atoms with E-state index in [1.54, 1.807) is 23.0 Å². The van der Waals surface area contributed by atoms with Crippen molar-refractivity contribution in [2.75, 3.05) is 114 Å². The molecule has 1 aromatic carbocycles. The van der Waals surface area contributed by atoms with Crippen LogP contribution < -0.4 is 20.9 Å². The van der Waals surface area contributed by atoms with Gasteiger partial charge in [-0.1, -0.05) is 37.1 Å². The molecule has 2 aromatic heterocycles. The van der Waals surface area contributed by atoms with Crippen molar-refractivity contribution in [2.24, 2.45) is 11.7 Å². The number of hydrogen-bond donors (Lipinski definition) is 3. The second-order valence-corrected chi connectivity index (χ2v) is 13.3. The van der Waals surface area contributed by atoms with E-state index in [1.165, 1.54) is 0 Å². The fourth-order valence-electron chi connectivity index (χ4n) is 6.01. The predicted molar refractivity (Wildman–Crippen MR) is 199 cm³/mol. The van der Waals surface area contributed by atoms with E-state index >= 15 is 0 Å². The van der Waals surface area contributed by atoms with Crippen LogP contribution >= 0.6 is 0 Å². The molecule has 0 unspecified atom stereocenters.